The van der Waals surface area contributed by atoms with Gasteiger partial charge in [-0.3, -0.25) is 9.59 Å². The van der Waals surface area contributed by atoms with Crippen molar-refractivity contribution in [3.8, 4) is 0 Å². The molecule has 0 bridgehead atoms. The molecule has 0 heterocycles. The van der Waals surface area contributed by atoms with E-state index in [1.165, 1.54) is 0 Å². The van der Waals surface area contributed by atoms with Crippen LogP contribution in [0.1, 0.15) is 31.4 Å². The van der Waals surface area contributed by atoms with Crippen LogP contribution in [-0.4, -0.2) is 29.3 Å². The molecule has 2 aromatic carbocycles. The minimum absolute atomic E-state index is 0.108. The average Bonchev–Trinajstić information content (AvgIpc) is 2.66. The van der Waals surface area contributed by atoms with Crippen LogP contribution in [0.3, 0.4) is 0 Å². The third-order valence-corrected chi connectivity index (χ3v) is 5.48. The van der Waals surface area contributed by atoms with Gasteiger partial charge in [0.15, 0.2) is 0 Å². The van der Waals surface area contributed by atoms with Gasteiger partial charge >= 0.3 is 0 Å². The Balaban J connectivity index is 2.33. The Kier molecular flexibility index (Phi) is 8.61. The second-order valence-electron chi connectivity index (χ2n) is 6.36. The molecule has 0 aromatic heterocycles. The summed E-state index contributed by atoms with van der Waals surface area (Å²) in [6.07, 6.45) is 0.596. The predicted molar refractivity (Wildman–Crippen MR) is 115 cm³/mol. The van der Waals surface area contributed by atoms with Gasteiger partial charge in [-0.2, -0.15) is 0 Å². The van der Waals surface area contributed by atoms with Crippen LogP contribution in [0.5, 0.6) is 0 Å². The highest BCUT2D eigenvalue weighted by atomic mass is 35.5. The van der Waals surface area contributed by atoms with Crippen LogP contribution in [0.25, 0.3) is 0 Å². The summed E-state index contributed by atoms with van der Waals surface area (Å²) >= 11 is 18.3. The van der Waals surface area contributed by atoms with Crippen molar-refractivity contribution in [2.45, 2.75) is 39.3 Å². The van der Waals surface area contributed by atoms with E-state index < -0.39 is 6.04 Å². The maximum Gasteiger partial charge on any atom is 0.242 e. The van der Waals surface area contributed by atoms with Gasteiger partial charge in [0.05, 0.1) is 16.5 Å². The highest BCUT2D eigenvalue weighted by Gasteiger charge is 2.28. The van der Waals surface area contributed by atoms with E-state index in [1.54, 1.807) is 29.2 Å². The summed E-state index contributed by atoms with van der Waals surface area (Å²) in [5.41, 5.74) is 1.52. The number of rotatable bonds is 8. The smallest absolute Gasteiger partial charge is 0.242 e. The van der Waals surface area contributed by atoms with Crippen LogP contribution >= 0.6 is 34.8 Å². The molecule has 0 unspecified atom stereocenters. The predicted octanol–water partition coefficient (Wildman–Crippen LogP) is 5.13. The van der Waals surface area contributed by atoms with Gasteiger partial charge in [-0.05, 0) is 42.7 Å². The van der Waals surface area contributed by atoms with E-state index in [2.05, 4.69) is 5.32 Å². The molecule has 0 aliphatic heterocycles. The van der Waals surface area contributed by atoms with Crippen molar-refractivity contribution in [1.29, 1.82) is 0 Å². The maximum absolute atomic E-state index is 13.2. The Hall–Kier alpha value is -1.75. The number of nitrogens with zero attached hydrogens (tertiary/aromatic N) is 1. The van der Waals surface area contributed by atoms with Crippen molar-refractivity contribution in [3.63, 3.8) is 0 Å². The molecule has 28 heavy (non-hydrogen) atoms. The lowest BCUT2D eigenvalue weighted by Gasteiger charge is -2.31. The first kappa shape index (κ1) is 22.5. The molecule has 150 valence electrons. The van der Waals surface area contributed by atoms with Crippen LogP contribution in [0.4, 0.5) is 0 Å². The van der Waals surface area contributed by atoms with Crippen molar-refractivity contribution >= 4 is 46.6 Å². The molecule has 2 aromatic rings. The molecule has 7 heteroatoms. The number of amides is 2. The summed E-state index contributed by atoms with van der Waals surface area (Å²) in [6, 6.07) is 11.8. The molecule has 2 rings (SSSR count). The van der Waals surface area contributed by atoms with Gasteiger partial charge in [0, 0.05) is 18.1 Å². The zero-order valence-electron chi connectivity index (χ0n) is 15.8. The lowest BCUT2D eigenvalue weighted by atomic mass is 10.1. The first-order chi connectivity index (χ1) is 13.4. The lowest BCUT2D eigenvalue weighted by molar-refractivity contribution is -0.140. The Morgan fingerprint density at radius 1 is 1.00 bits per heavy atom. The first-order valence-corrected chi connectivity index (χ1v) is 10.2. The molecule has 0 fully saturated rings. The molecular weight excluding hydrogens is 419 g/mol. The average molecular weight is 442 g/mol. The van der Waals surface area contributed by atoms with Crippen molar-refractivity contribution in [3.05, 3.63) is 68.7 Å². The van der Waals surface area contributed by atoms with Gasteiger partial charge in [0.25, 0.3) is 0 Å². The summed E-state index contributed by atoms with van der Waals surface area (Å²) < 4.78 is 0. The Bertz CT molecular complexity index is 842. The molecule has 0 saturated carbocycles. The van der Waals surface area contributed by atoms with Crippen molar-refractivity contribution in [1.82, 2.24) is 10.2 Å². The van der Waals surface area contributed by atoms with Crippen LogP contribution in [0, 0.1) is 0 Å². The van der Waals surface area contributed by atoms with Gasteiger partial charge in [0.1, 0.15) is 6.04 Å². The quantitative estimate of drug-likeness (QED) is 0.617. The van der Waals surface area contributed by atoms with Crippen molar-refractivity contribution in [2.24, 2.45) is 0 Å². The fraction of sp³-hybridized carbons (Fsp3) is 0.333. The largest absolute Gasteiger partial charge is 0.355 e. The molecular formula is C21H23Cl3N2O2. The van der Waals surface area contributed by atoms with Crippen molar-refractivity contribution in [2.75, 3.05) is 6.54 Å². The summed E-state index contributed by atoms with van der Waals surface area (Å²) in [5.74, 6) is -0.366. The number of halogens is 3. The van der Waals surface area contributed by atoms with Gasteiger partial charge < -0.3 is 10.2 Å². The highest BCUT2D eigenvalue weighted by molar-refractivity contribution is 6.42. The zero-order chi connectivity index (χ0) is 20.7. The first-order valence-electron chi connectivity index (χ1n) is 9.11. The van der Waals surface area contributed by atoms with E-state index in [4.69, 9.17) is 34.8 Å². The Labute approximate surface area is 180 Å². The molecule has 4 nitrogen and oxygen atoms in total. The molecule has 2 amide bonds. The normalized spacial score (nSPS) is 11.8. The topological polar surface area (TPSA) is 49.4 Å². The molecule has 0 spiro atoms. The van der Waals surface area contributed by atoms with E-state index in [1.807, 2.05) is 32.0 Å². The van der Waals surface area contributed by atoms with Gasteiger partial charge in [0.2, 0.25) is 11.8 Å². The monoisotopic (exact) mass is 440 g/mol. The molecule has 0 radical (unpaired) electrons. The molecule has 1 N–H and O–H groups in total. The summed E-state index contributed by atoms with van der Waals surface area (Å²) in [7, 11) is 0. The summed E-state index contributed by atoms with van der Waals surface area (Å²) in [4.78, 5) is 27.3. The van der Waals surface area contributed by atoms with Crippen molar-refractivity contribution < 1.29 is 9.59 Å². The number of benzene rings is 2. The summed E-state index contributed by atoms with van der Waals surface area (Å²) in [5, 5.41) is 4.18. The second kappa shape index (κ2) is 10.7. The maximum atomic E-state index is 13.2. The molecule has 0 aliphatic rings. The number of hydrogen-bond donors (Lipinski definition) is 1. The minimum atomic E-state index is -0.593. The summed E-state index contributed by atoms with van der Waals surface area (Å²) in [6.45, 7) is 4.47. The number of carbonyl (C=O) groups is 2. The van der Waals surface area contributed by atoms with E-state index in [-0.39, 0.29) is 24.8 Å². The third-order valence-electron chi connectivity index (χ3n) is 4.37. The van der Waals surface area contributed by atoms with Gasteiger partial charge in [-0.25, -0.2) is 0 Å². The van der Waals surface area contributed by atoms with Crippen LogP contribution in [0.2, 0.25) is 15.1 Å². The van der Waals surface area contributed by atoms with Gasteiger partial charge in [-0.1, -0.05) is 66.0 Å². The molecule has 0 saturated heterocycles. The third kappa shape index (κ3) is 5.87. The van der Waals surface area contributed by atoms with E-state index >= 15 is 0 Å². The number of carbonyl (C=O) groups excluding carboxylic acids is 2. The zero-order valence-corrected chi connectivity index (χ0v) is 18.1. The minimum Gasteiger partial charge on any atom is -0.355 e. The SMILES string of the molecule is CCNC(=O)[C@H](CC)N(Cc1ccc(Cl)c(Cl)c1)C(=O)Cc1ccccc1Cl. The molecule has 1 atom stereocenters. The van der Waals surface area contributed by atoms with Crippen LogP contribution in [0.15, 0.2) is 42.5 Å². The Morgan fingerprint density at radius 3 is 2.32 bits per heavy atom. The molecule has 0 aliphatic carbocycles. The number of hydrogen-bond acceptors (Lipinski definition) is 2. The van der Waals surface area contributed by atoms with E-state index in [0.29, 0.717) is 28.0 Å². The second-order valence-corrected chi connectivity index (χ2v) is 7.58. The number of likely N-dealkylation sites (N-methyl/N-ethyl adjacent to an activating group) is 1. The lowest BCUT2D eigenvalue weighted by Crippen LogP contribution is -2.49. The fourth-order valence-electron chi connectivity index (χ4n) is 2.95. The van der Waals surface area contributed by atoms with Crippen LogP contribution < -0.4 is 5.32 Å². The standard InChI is InChI=1S/C21H23Cl3N2O2/c1-3-19(21(28)25-4-2)26(13-14-9-10-17(23)18(24)11-14)20(27)12-15-7-5-6-8-16(15)22/h5-11,19H,3-4,12-13H2,1-2H3,(H,25,28)/t19-/m0/s1. The fourth-order valence-corrected chi connectivity index (χ4v) is 3.48. The highest BCUT2D eigenvalue weighted by Crippen LogP contribution is 2.25. The Morgan fingerprint density at radius 2 is 1.71 bits per heavy atom. The van der Waals surface area contributed by atoms with E-state index in [9.17, 15) is 9.59 Å². The van der Waals surface area contributed by atoms with Crippen LogP contribution in [-0.2, 0) is 22.6 Å². The van der Waals surface area contributed by atoms with Gasteiger partial charge in [-0.15, -0.1) is 0 Å². The number of nitrogens with one attached hydrogen (secondary N) is 1. The van der Waals surface area contributed by atoms with E-state index in [0.717, 1.165) is 11.1 Å².